The summed E-state index contributed by atoms with van der Waals surface area (Å²) in [4.78, 5) is 0. The number of hydrogen-bond acceptors (Lipinski definition) is 2. The summed E-state index contributed by atoms with van der Waals surface area (Å²) in [6.07, 6.45) is 15.6. The molecule has 2 nitrogen and oxygen atoms in total. The Morgan fingerprint density at radius 3 is 2.61 bits per heavy atom. The highest BCUT2D eigenvalue weighted by Crippen LogP contribution is 2.67. The largest absolute Gasteiger partial charge is 0.396 e. The van der Waals surface area contributed by atoms with Crippen LogP contribution in [0, 0.1) is 40.4 Å². The van der Waals surface area contributed by atoms with E-state index in [2.05, 4.69) is 33.8 Å². The molecular formula is C26H44O2. The Morgan fingerprint density at radius 2 is 1.89 bits per heavy atom. The Hall–Kier alpha value is -0.340. The maximum Gasteiger partial charge on any atom is 0.0682 e. The fourth-order valence-corrected chi connectivity index (χ4v) is 8.60. The predicted molar refractivity (Wildman–Crippen MR) is 116 cm³/mol. The molecule has 0 spiro atoms. The standard InChI is InChI=1S/C26H44O2/c1-5-26(28)15-14-24(3)19(17-26)8-9-20-22-11-10-21(18(2)7-6-16-27)25(22,4)13-12-23(20)24/h8,18,20-23,27-28H,5-7,9-17H2,1-4H3/t18-,20+,21-,22+,23+,24+,25-,26+/m1/s1. The molecule has 4 aliphatic carbocycles. The summed E-state index contributed by atoms with van der Waals surface area (Å²) in [7, 11) is 0. The molecule has 0 bridgehead atoms. The zero-order valence-electron chi connectivity index (χ0n) is 18.8. The molecule has 160 valence electrons. The van der Waals surface area contributed by atoms with Crippen LogP contribution in [0.5, 0.6) is 0 Å². The number of aliphatic hydroxyl groups excluding tert-OH is 1. The summed E-state index contributed by atoms with van der Waals surface area (Å²) in [5.41, 5.74) is 2.00. The van der Waals surface area contributed by atoms with Crippen LogP contribution >= 0.6 is 0 Å². The minimum atomic E-state index is -0.443. The van der Waals surface area contributed by atoms with E-state index < -0.39 is 5.60 Å². The topological polar surface area (TPSA) is 40.5 Å². The lowest BCUT2D eigenvalue weighted by molar-refractivity contribution is -0.0755. The highest BCUT2D eigenvalue weighted by atomic mass is 16.3. The van der Waals surface area contributed by atoms with E-state index in [1.807, 2.05) is 0 Å². The van der Waals surface area contributed by atoms with Gasteiger partial charge in [-0.2, -0.15) is 0 Å². The van der Waals surface area contributed by atoms with E-state index in [0.29, 0.717) is 17.4 Å². The number of fused-ring (bicyclic) bond motifs is 5. The van der Waals surface area contributed by atoms with Gasteiger partial charge in [-0.3, -0.25) is 0 Å². The van der Waals surface area contributed by atoms with Gasteiger partial charge in [0.1, 0.15) is 0 Å². The van der Waals surface area contributed by atoms with Crippen LogP contribution < -0.4 is 0 Å². The monoisotopic (exact) mass is 388 g/mol. The van der Waals surface area contributed by atoms with Gasteiger partial charge >= 0.3 is 0 Å². The van der Waals surface area contributed by atoms with Crippen LogP contribution in [0.1, 0.15) is 98.3 Å². The van der Waals surface area contributed by atoms with E-state index in [1.54, 1.807) is 5.57 Å². The van der Waals surface area contributed by atoms with Crippen molar-refractivity contribution in [2.75, 3.05) is 6.61 Å². The second-order valence-corrected chi connectivity index (χ2v) is 11.6. The second-order valence-electron chi connectivity index (χ2n) is 11.6. The Kier molecular flexibility index (Phi) is 5.54. The van der Waals surface area contributed by atoms with Gasteiger partial charge < -0.3 is 10.2 Å². The Balaban J connectivity index is 1.56. The van der Waals surface area contributed by atoms with Gasteiger partial charge in [0.2, 0.25) is 0 Å². The fraction of sp³-hybridized carbons (Fsp3) is 0.923. The SMILES string of the molecule is CC[C@]1(O)CC[C@@]2(C)C(=CC[C@H]3[C@@H]4CC[C@H]([C@H](C)CCCO)[C@@]4(C)CC[C@@H]32)C1. The first-order chi connectivity index (χ1) is 13.3. The maximum atomic E-state index is 10.9. The molecule has 0 heterocycles. The third-order valence-corrected chi connectivity index (χ3v) is 10.5. The minimum Gasteiger partial charge on any atom is -0.396 e. The number of rotatable bonds is 5. The zero-order valence-corrected chi connectivity index (χ0v) is 18.8. The number of aliphatic hydroxyl groups is 2. The van der Waals surface area contributed by atoms with Gasteiger partial charge in [-0.05, 0) is 111 Å². The van der Waals surface area contributed by atoms with Gasteiger partial charge in [0.15, 0.2) is 0 Å². The van der Waals surface area contributed by atoms with Crippen molar-refractivity contribution in [3.63, 3.8) is 0 Å². The molecule has 0 aliphatic heterocycles. The average Bonchev–Trinajstić information content (AvgIpc) is 3.04. The van der Waals surface area contributed by atoms with Crippen LogP contribution in [0.15, 0.2) is 11.6 Å². The van der Waals surface area contributed by atoms with Crippen LogP contribution in [0.3, 0.4) is 0 Å². The first-order valence-electron chi connectivity index (χ1n) is 12.3. The summed E-state index contributed by atoms with van der Waals surface area (Å²) in [6, 6.07) is 0. The highest BCUT2D eigenvalue weighted by molar-refractivity contribution is 5.27. The van der Waals surface area contributed by atoms with Crippen LogP contribution in [0.25, 0.3) is 0 Å². The maximum absolute atomic E-state index is 10.9. The van der Waals surface area contributed by atoms with Crippen molar-refractivity contribution in [2.24, 2.45) is 40.4 Å². The van der Waals surface area contributed by atoms with Gasteiger partial charge in [-0.15, -0.1) is 0 Å². The molecule has 0 radical (unpaired) electrons. The molecule has 3 fully saturated rings. The van der Waals surface area contributed by atoms with Crippen LogP contribution in [-0.4, -0.2) is 22.4 Å². The van der Waals surface area contributed by atoms with Gasteiger partial charge in [0.05, 0.1) is 5.60 Å². The first-order valence-corrected chi connectivity index (χ1v) is 12.3. The third kappa shape index (κ3) is 3.13. The summed E-state index contributed by atoms with van der Waals surface area (Å²) < 4.78 is 0. The Morgan fingerprint density at radius 1 is 1.11 bits per heavy atom. The summed E-state index contributed by atoms with van der Waals surface area (Å²) in [5.74, 6) is 4.17. The normalized spacial score (nSPS) is 49.0. The van der Waals surface area contributed by atoms with E-state index >= 15 is 0 Å². The minimum absolute atomic E-state index is 0.340. The van der Waals surface area contributed by atoms with Gasteiger partial charge in [0, 0.05) is 6.61 Å². The molecule has 28 heavy (non-hydrogen) atoms. The third-order valence-electron chi connectivity index (χ3n) is 10.5. The van der Waals surface area contributed by atoms with Crippen molar-refractivity contribution >= 4 is 0 Å². The van der Waals surface area contributed by atoms with Crippen LogP contribution in [0.4, 0.5) is 0 Å². The van der Waals surface area contributed by atoms with E-state index in [0.717, 1.165) is 55.3 Å². The predicted octanol–water partition coefficient (Wildman–Crippen LogP) is 6.12. The molecule has 2 heteroatoms. The first kappa shape index (κ1) is 20.9. The highest BCUT2D eigenvalue weighted by Gasteiger charge is 2.59. The molecule has 0 saturated heterocycles. The summed E-state index contributed by atoms with van der Waals surface area (Å²) in [5, 5.41) is 20.2. The van der Waals surface area contributed by atoms with E-state index in [4.69, 9.17) is 0 Å². The lowest BCUT2D eigenvalue weighted by Crippen LogP contribution is -2.52. The van der Waals surface area contributed by atoms with Gasteiger partial charge in [-0.25, -0.2) is 0 Å². The Bertz CT molecular complexity index is 612. The second kappa shape index (κ2) is 7.41. The van der Waals surface area contributed by atoms with E-state index in [9.17, 15) is 10.2 Å². The molecule has 0 aromatic rings. The smallest absolute Gasteiger partial charge is 0.0682 e. The zero-order chi connectivity index (χ0) is 20.2. The molecular weight excluding hydrogens is 344 g/mol. The summed E-state index contributed by atoms with van der Waals surface area (Å²) in [6.45, 7) is 10.1. The van der Waals surface area contributed by atoms with Crippen molar-refractivity contribution in [1.82, 2.24) is 0 Å². The van der Waals surface area contributed by atoms with Crippen molar-refractivity contribution < 1.29 is 10.2 Å². The lowest BCUT2D eigenvalue weighted by atomic mass is 9.46. The average molecular weight is 389 g/mol. The Labute approximate surface area is 173 Å². The van der Waals surface area contributed by atoms with Crippen molar-refractivity contribution in [3.05, 3.63) is 11.6 Å². The van der Waals surface area contributed by atoms with Crippen molar-refractivity contribution in [2.45, 2.75) is 104 Å². The quantitative estimate of drug-likeness (QED) is 0.557. The van der Waals surface area contributed by atoms with E-state index in [1.165, 1.54) is 44.9 Å². The number of hydrogen-bond donors (Lipinski definition) is 2. The molecule has 2 N–H and O–H groups in total. The molecule has 0 aromatic heterocycles. The molecule has 0 unspecified atom stereocenters. The molecule has 3 saturated carbocycles. The lowest BCUT2D eigenvalue weighted by Gasteiger charge is -2.59. The van der Waals surface area contributed by atoms with Crippen molar-refractivity contribution in [3.8, 4) is 0 Å². The van der Waals surface area contributed by atoms with Gasteiger partial charge in [0.25, 0.3) is 0 Å². The molecule has 4 rings (SSSR count). The fourth-order valence-electron chi connectivity index (χ4n) is 8.60. The summed E-state index contributed by atoms with van der Waals surface area (Å²) >= 11 is 0. The van der Waals surface area contributed by atoms with E-state index in [-0.39, 0.29) is 0 Å². The molecule has 0 aromatic carbocycles. The molecule has 0 amide bonds. The van der Waals surface area contributed by atoms with Gasteiger partial charge in [-0.1, -0.05) is 39.3 Å². The van der Waals surface area contributed by atoms with Crippen LogP contribution in [0.2, 0.25) is 0 Å². The van der Waals surface area contributed by atoms with Crippen molar-refractivity contribution in [1.29, 1.82) is 0 Å². The number of allylic oxidation sites excluding steroid dienone is 1. The molecule has 8 atom stereocenters. The van der Waals surface area contributed by atoms with Crippen LogP contribution in [-0.2, 0) is 0 Å². The molecule has 4 aliphatic rings.